The highest BCUT2D eigenvalue weighted by molar-refractivity contribution is 7.10. The predicted octanol–water partition coefficient (Wildman–Crippen LogP) is 1.25. The highest BCUT2D eigenvalue weighted by Gasteiger charge is 2.07. The summed E-state index contributed by atoms with van der Waals surface area (Å²) in [5.74, 6) is -0.270. The zero-order valence-electron chi connectivity index (χ0n) is 7.09. The monoisotopic (exact) mass is 185 g/mol. The van der Waals surface area contributed by atoms with Gasteiger partial charge in [-0.1, -0.05) is 0 Å². The molecule has 0 amide bonds. The Labute approximate surface area is 75.4 Å². The summed E-state index contributed by atoms with van der Waals surface area (Å²) in [5.41, 5.74) is 0.632. The van der Waals surface area contributed by atoms with E-state index in [1.807, 2.05) is 13.1 Å². The molecule has 0 atom stereocenters. The molecule has 1 N–H and O–H groups in total. The third kappa shape index (κ3) is 2.06. The lowest BCUT2D eigenvalue weighted by molar-refractivity contribution is 0.0601. The molecule has 12 heavy (non-hydrogen) atoms. The van der Waals surface area contributed by atoms with Crippen LogP contribution in [0.3, 0.4) is 0 Å². The summed E-state index contributed by atoms with van der Waals surface area (Å²) < 4.78 is 4.58. The topological polar surface area (TPSA) is 38.3 Å². The Kier molecular flexibility index (Phi) is 3.25. The van der Waals surface area contributed by atoms with Crippen LogP contribution in [0, 0.1) is 0 Å². The molecule has 0 aliphatic rings. The van der Waals surface area contributed by atoms with Gasteiger partial charge in [0.25, 0.3) is 0 Å². The molecule has 1 heterocycles. The summed E-state index contributed by atoms with van der Waals surface area (Å²) >= 11 is 1.55. The lowest BCUT2D eigenvalue weighted by atomic mass is 10.3. The van der Waals surface area contributed by atoms with E-state index in [9.17, 15) is 4.79 Å². The zero-order chi connectivity index (χ0) is 8.97. The van der Waals surface area contributed by atoms with Crippen molar-refractivity contribution in [2.45, 2.75) is 6.54 Å². The molecule has 0 spiro atoms. The van der Waals surface area contributed by atoms with Crippen molar-refractivity contribution in [3.63, 3.8) is 0 Å². The predicted molar refractivity (Wildman–Crippen MR) is 48.4 cm³/mol. The van der Waals surface area contributed by atoms with Gasteiger partial charge in [-0.15, -0.1) is 11.3 Å². The van der Waals surface area contributed by atoms with Gasteiger partial charge in [-0.25, -0.2) is 4.79 Å². The first kappa shape index (κ1) is 9.22. The number of hydrogen-bond acceptors (Lipinski definition) is 4. The van der Waals surface area contributed by atoms with Crippen molar-refractivity contribution < 1.29 is 9.53 Å². The van der Waals surface area contributed by atoms with E-state index in [2.05, 4.69) is 10.1 Å². The van der Waals surface area contributed by atoms with Crippen molar-refractivity contribution >= 4 is 17.3 Å². The number of carbonyl (C=O) groups is 1. The summed E-state index contributed by atoms with van der Waals surface area (Å²) in [6.07, 6.45) is 0. The molecule has 1 rings (SSSR count). The lowest BCUT2D eigenvalue weighted by Gasteiger charge is -1.93. The molecule has 1 aromatic rings. The van der Waals surface area contributed by atoms with Crippen LogP contribution in [-0.2, 0) is 11.3 Å². The third-order valence-corrected chi connectivity index (χ3v) is 2.36. The van der Waals surface area contributed by atoms with Crippen LogP contribution in [0.2, 0.25) is 0 Å². The van der Waals surface area contributed by atoms with Crippen molar-refractivity contribution in [1.82, 2.24) is 5.32 Å². The Bertz CT molecular complexity index is 270. The normalized spacial score (nSPS) is 9.83. The lowest BCUT2D eigenvalue weighted by Crippen LogP contribution is -2.03. The largest absolute Gasteiger partial charge is 0.465 e. The summed E-state index contributed by atoms with van der Waals surface area (Å²) in [4.78, 5) is 12.1. The second-order valence-electron chi connectivity index (χ2n) is 2.32. The van der Waals surface area contributed by atoms with Crippen molar-refractivity contribution in [1.29, 1.82) is 0 Å². The highest BCUT2D eigenvalue weighted by atomic mass is 32.1. The molecule has 0 aliphatic carbocycles. The minimum absolute atomic E-state index is 0.270. The number of methoxy groups -OCH3 is 1. The van der Waals surface area contributed by atoms with E-state index in [4.69, 9.17) is 0 Å². The summed E-state index contributed by atoms with van der Waals surface area (Å²) in [6.45, 7) is 0.793. The fraction of sp³-hybridized carbons (Fsp3) is 0.375. The summed E-state index contributed by atoms with van der Waals surface area (Å²) in [7, 11) is 3.26. The van der Waals surface area contributed by atoms with Gasteiger partial charge in [0.2, 0.25) is 0 Å². The number of rotatable bonds is 3. The van der Waals surface area contributed by atoms with E-state index in [1.54, 1.807) is 16.7 Å². The maximum absolute atomic E-state index is 11.0. The molecular weight excluding hydrogens is 174 g/mol. The summed E-state index contributed by atoms with van der Waals surface area (Å²) in [6, 6.07) is 1.84. The van der Waals surface area contributed by atoms with Crippen molar-refractivity contribution in [3.8, 4) is 0 Å². The number of ether oxygens (including phenoxy) is 1. The SMILES string of the molecule is CNCc1cc(C(=O)OC)cs1. The second-order valence-corrected chi connectivity index (χ2v) is 3.32. The van der Waals surface area contributed by atoms with Crippen molar-refractivity contribution in [2.75, 3.05) is 14.2 Å². The molecule has 0 bridgehead atoms. The fourth-order valence-electron chi connectivity index (χ4n) is 0.872. The molecule has 0 radical (unpaired) electrons. The quantitative estimate of drug-likeness (QED) is 0.720. The first-order chi connectivity index (χ1) is 5.77. The molecule has 0 fully saturated rings. The molecule has 66 valence electrons. The van der Waals surface area contributed by atoms with Gasteiger partial charge in [0.1, 0.15) is 0 Å². The average molecular weight is 185 g/mol. The van der Waals surface area contributed by atoms with Crippen LogP contribution in [0.25, 0.3) is 0 Å². The van der Waals surface area contributed by atoms with Gasteiger partial charge in [-0.2, -0.15) is 0 Å². The van der Waals surface area contributed by atoms with Gasteiger partial charge in [0.15, 0.2) is 0 Å². The molecule has 0 aliphatic heterocycles. The molecule has 4 heteroatoms. The van der Waals surface area contributed by atoms with Crippen LogP contribution in [0.5, 0.6) is 0 Å². The van der Waals surface area contributed by atoms with Gasteiger partial charge < -0.3 is 10.1 Å². The molecule has 0 aromatic carbocycles. The summed E-state index contributed by atoms with van der Waals surface area (Å²) in [5, 5.41) is 4.82. The fourth-order valence-corrected chi connectivity index (χ4v) is 1.74. The number of hydrogen-bond donors (Lipinski definition) is 1. The number of carbonyl (C=O) groups excluding carboxylic acids is 1. The third-order valence-electron chi connectivity index (χ3n) is 1.43. The van der Waals surface area contributed by atoms with E-state index in [-0.39, 0.29) is 5.97 Å². The Hall–Kier alpha value is -0.870. The van der Waals surface area contributed by atoms with Crippen LogP contribution in [0.1, 0.15) is 15.2 Å². The number of nitrogens with one attached hydrogen (secondary N) is 1. The molecular formula is C8H11NO2S. The minimum atomic E-state index is -0.270. The van der Waals surface area contributed by atoms with Crippen LogP contribution in [0.4, 0.5) is 0 Å². The average Bonchev–Trinajstić information content (AvgIpc) is 2.52. The molecule has 0 saturated heterocycles. The number of esters is 1. The molecule has 3 nitrogen and oxygen atoms in total. The van der Waals surface area contributed by atoms with E-state index >= 15 is 0 Å². The van der Waals surface area contributed by atoms with E-state index in [0.717, 1.165) is 11.4 Å². The maximum Gasteiger partial charge on any atom is 0.338 e. The van der Waals surface area contributed by atoms with Gasteiger partial charge in [0, 0.05) is 16.8 Å². The van der Waals surface area contributed by atoms with Crippen LogP contribution in [0.15, 0.2) is 11.4 Å². The maximum atomic E-state index is 11.0. The van der Waals surface area contributed by atoms with Crippen LogP contribution in [-0.4, -0.2) is 20.1 Å². The van der Waals surface area contributed by atoms with Crippen molar-refractivity contribution in [3.05, 3.63) is 21.9 Å². The van der Waals surface area contributed by atoms with E-state index in [1.165, 1.54) is 7.11 Å². The Morgan fingerprint density at radius 2 is 2.50 bits per heavy atom. The Morgan fingerprint density at radius 1 is 1.75 bits per heavy atom. The van der Waals surface area contributed by atoms with Gasteiger partial charge in [-0.3, -0.25) is 0 Å². The Balaban J connectivity index is 2.70. The van der Waals surface area contributed by atoms with Gasteiger partial charge >= 0.3 is 5.97 Å². The van der Waals surface area contributed by atoms with Gasteiger partial charge in [-0.05, 0) is 13.1 Å². The second kappa shape index (κ2) is 4.23. The van der Waals surface area contributed by atoms with E-state index in [0.29, 0.717) is 5.56 Å². The Morgan fingerprint density at radius 3 is 3.08 bits per heavy atom. The van der Waals surface area contributed by atoms with Gasteiger partial charge in [0.05, 0.1) is 12.7 Å². The molecule has 0 saturated carbocycles. The number of thiophene rings is 1. The minimum Gasteiger partial charge on any atom is -0.465 e. The van der Waals surface area contributed by atoms with Crippen LogP contribution >= 0.6 is 11.3 Å². The first-order valence-corrected chi connectivity index (χ1v) is 4.46. The standard InChI is InChI=1S/C8H11NO2S/c1-9-4-7-3-6(5-12-7)8(10)11-2/h3,5,9H,4H2,1-2H3. The highest BCUT2D eigenvalue weighted by Crippen LogP contribution is 2.14. The molecule has 1 aromatic heterocycles. The smallest absolute Gasteiger partial charge is 0.338 e. The zero-order valence-corrected chi connectivity index (χ0v) is 7.90. The van der Waals surface area contributed by atoms with E-state index < -0.39 is 0 Å². The first-order valence-electron chi connectivity index (χ1n) is 3.58. The van der Waals surface area contributed by atoms with Crippen LogP contribution < -0.4 is 5.32 Å². The van der Waals surface area contributed by atoms with Crippen molar-refractivity contribution in [2.24, 2.45) is 0 Å². The molecule has 0 unspecified atom stereocenters.